The number of rotatable bonds is 5. The highest BCUT2D eigenvalue weighted by atomic mass is 19.1. The number of fused-ring (bicyclic) bond motifs is 4. The fraction of sp³-hybridized carbons (Fsp3) is 0.485. The minimum atomic E-state index is -1.74. The van der Waals surface area contributed by atoms with E-state index in [9.17, 15) is 13.9 Å². The van der Waals surface area contributed by atoms with Crippen LogP contribution in [0.4, 0.5) is 13.2 Å². The number of aliphatic hydroxyl groups is 1. The zero-order valence-corrected chi connectivity index (χ0v) is 24.8. The molecule has 2 N–H and O–H groups in total. The molecule has 8 nitrogen and oxygen atoms in total. The summed E-state index contributed by atoms with van der Waals surface area (Å²) in [5, 5.41) is 16.4. The maximum Gasteiger partial charge on any atom is 0.316 e. The van der Waals surface area contributed by atoms with Crippen LogP contribution in [0.5, 0.6) is 6.01 Å². The molecule has 2 bridgehead atoms. The number of hydrogen-bond donors (Lipinski definition) is 2. The summed E-state index contributed by atoms with van der Waals surface area (Å²) in [7, 11) is 1.96. The van der Waals surface area contributed by atoms with Crippen molar-refractivity contribution in [3.8, 4) is 18.4 Å². The summed E-state index contributed by atoms with van der Waals surface area (Å²) in [6.07, 6.45) is 11.7. The zero-order valence-electron chi connectivity index (χ0n) is 24.8. The lowest BCUT2D eigenvalue weighted by Gasteiger charge is -2.41. The van der Waals surface area contributed by atoms with Crippen molar-refractivity contribution in [3.05, 3.63) is 64.6 Å². The Labute approximate surface area is 254 Å². The number of piperazine rings is 1. The van der Waals surface area contributed by atoms with Crippen LogP contribution in [0, 0.1) is 29.4 Å². The van der Waals surface area contributed by atoms with Crippen molar-refractivity contribution in [1.29, 1.82) is 0 Å². The molecule has 1 aliphatic carbocycles. The van der Waals surface area contributed by atoms with E-state index in [-0.39, 0.29) is 47.9 Å². The molecule has 0 radical (unpaired) electrons. The van der Waals surface area contributed by atoms with Gasteiger partial charge in [0.15, 0.2) is 0 Å². The second-order valence-corrected chi connectivity index (χ2v) is 13.1. The number of alkyl halides is 1. The predicted molar refractivity (Wildman–Crippen MR) is 159 cm³/mol. The van der Waals surface area contributed by atoms with Crippen molar-refractivity contribution >= 4 is 16.6 Å². The van der Waals surface area contributed by atoms with Gasteiger partial charge in [-0.05, 0) is 38.5 Å². The van der Waals surface area contributed by atoms with Gasteiger partial charge in [-0.1, -0.05) is 12.8 Å². The van der Waals surface area contributed by atoms with E-state index in [0.29, 0.717) is 54.8 Å². The van der Waals surface area contributed by atoms with Crippen molar-refractivity contribution in [2.45, 2.75) is 56.5 Å². The Bertz CT molecular complexity index is 1700. The number of nitrogens with one attached hydrogen (secondary N) is 1. The summed E-state index contributed by atoms with van der Waals surface area (Å²) in [6, 6.07) is 2.97. The van der Waals surface area contributed by atoms with Crippen molar-refractivity contribution in [3.63, 3.8) is 0 Å². The summed E-state index contributed by atoms with van der Waals surface area (Å²) in [5.74, 6) is 0.840. The molecule has 1 unspecified atom stereocenters. The summed E-state index contributed by atoms with van der Waals surface area (Å²) >= 11 is 0. The molecule has 5 heterocycles. The number of benzene rings is 1. The highest BCUT2D eigenvalue weighted by Crippen LogP contribution is 2.43. The monoisotopic (exact) mass is 604 g/mol. The Balaban J connectivity index is 1.25. The van der Waals surface area contributed by atoms with Crippen molar-refractivity contribution < 1.29 is 23.0 Å². The lowest BCUT2D eigenvalue weighted by atomic mass is 9.79. The summed E-state index contributed by atoms with van der Waals surface area (Å²) in [5.41, 5.74) is -0.808. The molecular formula is C33H35F3N6O2. The van der Waals surface area contributed by atoms with E-state index in [1.54, 1.807) is 24.5 Å². The summed E-state index contributed by atoms with van der Waals surface area (Å²) < 4.78 is 51.2. The fourth-order valence-electron chi connectivity index (χ4n) is 7.34. The van der Waals surface area contributed by atoms with Crippen LogP contribution < -0.4 is 10.1 Å². The fourth-order valence-corrected chi connectivity index (χ4v) is 7.34. The Morgan fingerprint density at radius 3 is 2.64 bits per heavy atom. The topological polar surface area (TPSA) is 86.6 Å². The van der Waals surface area contributed by atoms with Gasteiger partial charge in [0.1, 0.15) is 30.0 Å². The molecule has 3 saturated heterocycles. The molecule has 2 aromatic heterocycles. The molecule has 4 aliphatic rings. The van der Waals surface area contributed by atoms with Crippen LogP contribution in [0.15, 0.2) is 30.6 Å². The van der Waals surface area contributed by atoms with E-state index in [0.717, 1.165) is 18.9 Å². The molecule has 11 heteroatoms. The van der Waals surface area contributed by atoms with Crippen LogP contribution >= 0.6 is 0 Å². The molecule has 230 valence electrons. The number of terminal acetylenes is 1. The van der Waals surface area contributed by atoms with Crippen molar-refractivity contribution in [2.24, 2.45) is 5.41 Å². The Morgan fingerprint density at radius 1 is 1.14 bits per heavy atom. The quantitative estimate of drug-likeness (QED) is 0.428. The van der Waals surface area contributed by atoms with Crippen molar-refractivity contribution in [2.75, 3.05) is 39.8 Å². The number of hydrogen-bond acceptors (Lipinski definition) is 8. The van der Waals surface area contributed by atoms with E-state index in [2.05, 4.69) is 36.0 Å². The third-order valence-electron chi connectivity index (χ3n) is 9.68. The van der Waals surface area contributed by atoms with Crippen LogP contribution in [0.1, 0.15) is 48.6 Å². The molecule has 3 fully saturated rings. The number of aromatic nitrogens is 3. The second-order valence-electron chi connectivity index (χ2n) is 13.1. The van der Waals surface area contributed by atoms with Gasteiger partial charge in [-0.15, -0.1) is 6.42 Å². The smallest absolute Gasteiger partial charge is 0.316 e. The van der Waals surface area contributed by atoms with E-state index in [4.69, 9.17) is 11.2 Å². The normalized spacial score (nSPS) is 30.2. The van der Waals surface area contributed by atoms with Crippen molar-refractivity contribution in [1.82, 2.24) is 30.1 Å². The molecule has 3 aliphatic heterocycles. The van der Waals surface area contributed by atoms with E-state index < -0.39 is 28.8 Å². The SMILES string of the molecule is C#Cc1c(F)cc(F)c2c1C(N1C[C@H]3CC[C@@H](C1)N3)=CC(O)(c1cc3nc(OC[C@]4(C)CN(C)CC[C@H]4F)ncc3cn1)C2. The van der Waals surface area contributed by atoms with Gasteiger partial charge < -0.3 is 25.0 Å². The number of nitrogens with zero attached hydrogens (tertiary/aromatic N) is 5. The van der Waals surface area contributed by atoms with E-state index in [1.807, 2.05) is 14.0 Å². The number of halogens is 3. The molecule has 1 aromatic carbocycles. The van der Waals surface area contributed by atoms with Crippen LogP contribution in [0.3, 0.4) is 0 Å². The summed E-state index contributed by atoms with van der Waals surface area (Å²) in [4.78, 5) is 17.5. The van der Waals surface area contributed by atoms with Gasteiger partial charge in [0.05, 0.1) is 16.8 Å². The lowest BCUT2D eigenvalue weighted by Crippen LogP contribution is -2.51. The van der Waals surface area contributed by atoms with Gasteiger partial charge in [-0.25, -0.2) is 18.2 Å². The highest BCUT2D eigenvalue weighted by molar-refractivity contribution is 5.79. The first-order chi connectivity index (χ1) is 21.0. The van der Waals surface area contributed by atoms with Crippen LogP contribution in [0.2, 0.25) is 0 Å². The first-order valence-corrected chi connectivity index (χ1v) is 15.1. The molecule has 5 atom stereocenters. The number of pyridine rings is 1. The molecule has 0 amide bonds. The molecule has 0 saturated carbocycles. The van der Waals surface area contributed by atoms with Gasteiger partial charge in [0.2, 0.25) is 0 Å². The maximum absolute atomic E-state index is 15.5. The first kappa shape index (κ1) is 29.0. The molecule has 3 aromatic rings. The summed E-state index contributed by atoms with van der Waals surface area (Å²) in [6.45, 7) is 4.45. The average Bonchev–Trinajstić information content (AvgIpc) is 3.35. The van der Waals surface area contributed by atoms with E-state index in [1.165, 1.54) is 0 Å². The second kappa shape index (κ2) is 10.7. The Hall–Kier alpha value is -3.72. The highest BCUT2D eigenvalue weighted by Gasteiger charge is 2.43. The Kier molecular flexibility index (Phi) is 7.07. The van der Waals surface area contributed by atoms with Gasteiger partial charge in [0.25, 0.3) is 0 Å². The van der Waals surface area contributed by atoms with Crippen LogP contribution in [-0.4, -0.2) is 87.9 Å². The minimum Gasteiger partial charge on any atom is -0.463 e. The number of likely N-dealkylation sites (tertiary alicyclic amines) is 2. The molecule has 7 rings (SSSR count). The van der Waals surface area contributed by atoms with Gasteiger partial charge >= 0.3 is 6.01 Å². The van der Waals surface area contributed by atoms with E-state index >= 15 is 4.39 Å². The average molecular weight is 605 g/mol. The van der Waals surface area contributed by atoms with Crippen LogP contribution in [-0.2, 0) is 12.0 Å². The lowest BCUT2D eigenvalue weighted by molar-refractivity contribution is -0.00846. The largest absolute Gasteiger partial charge is 0.463 e. The Morgan fingerprint density at radius 2 is 1.89 bits per heavy atom. The first-order valence-electron chi connectivity index (χ1n) is 15.1. The number of piperidine rings is 1. The molecule has 44 heavy (non-hydrogen) atoms. The zero-order chi connectivity index (χ0) is 30.8. The third kappa shape index (κ3) is 4.99. The molecule has 0 spiro atoms. The third-order valence-corrected chi connectivity index (χ3v) is 9.68. The standard InChI is InChI=1S/C33H35F3N6O2/c1-4-22-24(34)9-25(35)23-11-33(43,12-27(30(22)23)42-15-20-5-6-21(16-42)39-20)29-10-26-19(13-37-29)14-38-31(40-26)44-18-32(2)17-41(3)8-7-28(32)36/h1,9-10,12-14,20-21,28,39,43H,5-8,11,15-18H2,2-3H3/t20-,21+,28-,32+,33?/m1/s1. The van der Waals surface area contributed by atoms with Gasteiger partial charge in [0, 0.05) is 90.8 Å². The van der Waals surface area contributed by atoms with Gasteiger partial charge in [-0.2, -0.15) is 4.98 Å². The van der Waals surface area contributed by atoms with Gasteiger partial charge in [-0.3, -0.25) is 4.98 Å². The predicted octanol–water partition coefficient (Wildman–Crippen LogP) is 3.56. The maximum atomic E-state index is 15.5. The minimum absolute atomic E-state index is 0.0186. The number of ether oxygens (including phenoxy) is 1. The molecular weight excluding hydrogens is 569 g/mol. The van der Waals surface area contributed by atoms with Crippen LogP contribution in [0.25, 0.3) is 16.6 Å².